The van der Waals surface area contributed by atoms with Crippen molar-refractivity contribution in [1.29, 1.82) is 0 Å². The summed E-state index contributed by atoms with van der Waals surface area (Å²) in [6.45, 7) is 3.82. The van der Waals surface area contributed by atoms with Crippen LogP contribution in [0.2, 0.25) is 0 Å². The third-order valence-corrected chi connectivity index (χ3v) is 3.82. The van der Waals surface area contributed by atoms with E-state index in [4.69, 9.17) is 0 Å². The number of pyridine rings is 1. The van der Waals surface area contributed by atoms with Gasteiger partial charge in [0.05, 0.1) is 11.4 Å². The van der Waals surface area contributed by atoms with Crippen molar-refractivity contribution in [2.75, 3.05) is 5.32 Å². The van der Waals surface area contributed by atoms with E-state index in [9.17, 15) is 18.0 Å². The molecule has 0 radical (unpaired) electrons. The molecule has 0 aliphatic heterocycles. The molecule has 25 heavy (non-hydrogen) atoms. The van der Waals surface area contributed by atoms with E-state index >= 15 is 0 Å². The Morgan fingerprint density at radius 3 is 2.64 bits per heavy atom. The van der Waals surface area contributed by atoms with E-state index in [1.807, 2.05) is 19.9 Å². The van der Waals surface area contributed by atoms with E-state index in [1.54, 1.807) is 16.7 Å². The molecule has 3 aromatic rings. The monoisotopic (exact) mass is 347 g/mol. The highest BCUT2D eigenvalue weighted by molar-refractivity contribution is 6.04. The Labute approximate surface area is 142 Å². The first-order valence-corrected chi connectivity index (χ1v) is 7.84. The predicted molar refractivity (Wildman–Crippen MR) is 88.2 cm³/mol. The quantitative estimate of drug-likeness (QED) is 0.717. The van der Waals surface area contributed by atoms with Crippen LogP contribution in [0.1, 0.15) is 35.1 Å². The van der Waals surface area contributed by atoms with Crippen LogP contribution >= 0.6 is 0 Å². The zero-order valence-electron chi connectivity index (χ0n) is 13.7. The summed E-state index contributed by atoms with van der Waals surface area (Å²) < 4.78 is 41.9. The SMILES string of the molecule is CCCc1nc2ccc(C)cn2c1C(=O)Nc1ccc(F)c(F)c1F. The van der Waals surface area contributed by atoms with Crippen LogP contribution in [0.25, 0.3) is 5.65 Å². The molecular weight excluding hydrogens is 331 g/mol. The lowest BCUT2D eigenvalue weighted by Crippen LogP contribution is -2.18. The Balaban J connectivity index is 2.06. The fourth-order valence-electron chi connectivity index (χ4n) is 2.66. The van der Waals surface area contributed by atoms with Gasteiger partial charge in [-0.1, -0.05) is 19.4 Å². The summed E-state index contributed by atoms with van der Waals surface area (Å²) in [5.74, 6) is -5.00. The number of halogens is 3. The van der Waals surface area contributed by atoms with Crippen LogP contribution in [0.3, 0.4) is 0 Å². The number of anilines is 1. The molecular formula is C18H16F3N3O. The molecule has 0 unspecified atom stereocenters. The van der Waals surface area contributed by atoms with Crippen LogP contribution in [0.5, 0.6) is 0 Å². The molecule has 1 aromatic carbocycles. The number of rotatable bonds is 4. The van der Waals surface area contributed by atoms with Gasteiger partial charge in [0.25, 0.3) is 5.91 Å². The number of fused-ring (bicyclic) bond motifs is 1. The van der Waals surface area contributed by atoms with Crippen molar-refractivity contribution in [2.24, 2.45) is 0 Å². The Bertz CT molecular complexity index is 966. The van der Waals surface area contributed by atoms with Gasteiger partial charge in [0.2, 0.25) is 0 Å². The lowest BCUT2D eigenvalue weighted by atomic mass is 10.2. The number of nitrogens with zero attached hydrogens (tertiary/aromatic N) is 2. The molecule has 2 heterocycles. The smallest absolute Gasteiger partial charge is 0.274 e. The molecule has 1 amide bonds. The maximum atomic E-state index is 13.8. The summed E-state index contributed by atoms with van der Waals surface area (Å²) in [4.78, 5) is 17.1. The first-order valence-electron chi connectivity index (χ1n) is 7.84. The predicted octanol–water partition coefficient (Wildman–Crippen LogP) is 4.26. The Hall–Kier alpha value is -2.83. The molecule has 4 nitrogen and oxygen atoms in total. The van der Waals surface area contributed by atoms with Gasteiger partial charge in [-0.15, -0.1) is 0 Å². The highest BCUT2D eigenvalue weighted by Gasteiger charge is 2.21. The number of imidazole rings is 1. The minimum Gasteiger partial charge on any atom is -0.318 e. The molecule has 7 heteroatoms. The van der Waals surface area contributed by atoms with Crippen molar-refractivity contribution < 1.29 is 18.0 Å². The normalized spacial score (nSPS) is 11.1. The summed E-state index contributed by atoms with van der Waals surface area (Å²) in [6, 6.07) is 5.40. The Morgan fingerprint density at radius 2 is 1.92 bits per heavy atom. The highest BCUT2D eigenvalue weighted by atomic mass is 19.2. The molecule has 2 aromatic heterocycles. The van der Waals surface area contributed by atoms with Crippen LogP contribution in [0.15, 0.2) is 30.5 Å². The molecule has 130 valence electrons. The summed E-state index contributed by atoms with van der Waals surface area (Å²) >= 11 is 0. The Kier molecular flexibility index (Phi) is 4.48. The van der Waals surface area contributed by atoms with Crippen molar-refractivity contribution in [3.8, 4) is 0 Å². The molecule has 0 spiro atoms. The van der Waals surface area contributed by atoms with Gasteiger partial charge in [-0.2, -0.15) is 0 Å². The molecule has 0 saturated carbocycles. The number of aryl methyl sites for hydroxylation is 2. The van der Waals surface area contributed by atoms with Crippen LogP contribution in [-0.2, 0) is 6.42 Å². The van der Waals surface area contributed by atoms with E-state index in [0.717, 1.165) is 24.1 Å². The fourth-order valence-corrected chi connectivity index (χ4v) is 2.66. The molecule has 1 N–H and O–H groups in total. The van der Waals surface area contributed by atoms with Gasteiger partial charge in [-0.05, 0) is 37.1 Å². The van der Waals surface area contributed by atoms with Crippen molar-refractivity contribution in [3.63, 3.8) is 0 Å². The van der Waals surface area contributed by atoms with Crippen molar-refractivity contribution in [3.05, 3.63) is 64.9 Å². The van der Waals surface area contributed by atoms with E-state index in [-0.39, 0.29) is 5.69 Å². The first-order chi connectivity index (χ1) is 11.9. The van der Waals surface area contributed by atoms with Gasteiger partial charge >= 0.3 is 0 Å². The highest BCUT2D eigenvalue weighted by Crippen LogP contribution is 2.22. The van der Waals surface area contributed by atoms with E-state index in [1.165, 1.54) is 0 Å². The lowest BCUT2D eigenvalue weighted by molar-refractivity contribution is 0.102. The molecule has 0 aliphatic carbocycles. The zero-order chi connectivity index (χ0) is 18.1. The van der Waals surface area contributed by atoms with Crippen LogP contribution < -0.4 is 5.32 Å². The van der Waals surface area contributed by atoms with Gasteiger partial charge in [-0.3, -0.25) is 9.20 Å². The van der Waals surface area contributed by atoms with Crippen LogP contribution in [0, 0.1) is 24.4 Å². The van der Waals surface area contributed by atoms with Crippen molar-refractivity contribution >= 4 is 17.2 Å². The summed E-state index contributed by atoms with van der Waals surface area (Å²) in [6.07, 6.45) is 3.07. The van der Waals surface area contributed by atoms with Gasteiger partial charge < -0.3 is 5.32 Å². The number of amides is 1. The number of hydrogen-bond donors (Lipinski definition) is 1. The number of benzene rings is 1. The van der Waals surface area contributed by atoms with E-state index in [2.05, 4.69) is 10.3 Å². The topological polar surface area (TPSA) is 46.4 Å². The number of nitrogens with one attached hydrogen (secondary N) is 1. The zero-order valence-corrected chi connectivity index (χ0v) is 13.7. The summed E-state index contributed by atoms with van der Waals surface area (Å²) in [5.41, 5.74) is 1.90. The van der Waals surface area contributed by atoms with Gasteiger partial charge in [0, 0.05) is 6.20 Å². The molecule has 0 bridgehead atoms. The van der Waals surface area contributed by atoms with Crippen LogP contribution in [-0.4, -0.2) is 15.3 Å². The number of carbonyl (C=O) groups is 1. The maximum absolute atomic E-state index is 13.8. The average Bonchev–Trinajstić information content (AvgIpc) is 2.93. The molecule has 0 aliphatic rings. The number of hydrogen-bond acceptors (Lipinski definition) is 2. The van der Waals surface area contributed by atoms with Gasteiger partial charge in [0.15, 0.2) is 17.5 Å². The molecule has 0 fully saturated rings. The maximum Gasteiger partial charge on any atom is 0.274 e. The summed E-state index contributed by atoms with van der Waals surface area (Å²) in [7, 11) is 0. The third kappa shape index (κ3) is 3.09. The van der Waals surface area contributed by atoms with Crippen molar-refractivity contribution in [2.45, 2.75) is 26.7 Å². The largest absolute Gasteiger partial charge is 0.318 e. The summed E-state index contributed by atoms with van der Waals surface area (Å²) in [5, 5.41) is 2.31. The lowest BCUT2D eigenvalue weighted by Gasteiger charge is -2.09. The van der Waals surface area contributed by atoms with Gasteiger partial charge in [-0.25, -0.2) is 18.2 Å². The second-order valence-electron chi connectivity index (χ2n) is 5.77. The van der Waals surface area contributed by atoms with Crippen LogP contribution in [0.4, 0.5) is 18.9 Å². The number of aromatic nitrogens is 2. The second kappa shape index (κ2) is 6.58. The minimum atomic E-state index is -1.62. The average molecular weight is 347 g/mol. The van der Waals surface area contributed by atoms with Crippen molar-refractivity contribution in [1.82, 2.24) is 9.38 Å². The van der Waals surface area contributed by atoms with Gasteiger partial charge in [0.1, 0.15) is 11.3 Å². The second-order valence-corrected chi connectivity index (χ2v) is 5.77. The molecule has 0 atom stereocenters. The molecule has 3 rings (SSSR count). The van der Waals surface area contributed by atoms with E-state index in [0.29, 0.717) is 17.8 Å². The third-order valence-electron chi connectivity index (χ3n) is 3.82. The standard InChI is InChI=1S/C18H16F3N3O/c1-3-4-13-17(24-9-10(2)5-8-14(24)22-13)18(25)23-12-7-6-11(19)15(20)16(12)21/h5-9H,3-4H2,1-2H3,(H,23,25). The fraction of sp³-hybridized carbons (Fsp3) is 0.222. The number of carbonyl (C=O) groups excluding carboxylic acids is 1. The molecule has 0 saturated heterocycles. The first kappa shape index (κ1) is 17.0. The van der Waals surface area contributed by atoms with E-state index < -0.39 is 29.0 Å². The Morgan fingerprint density at radius 1 is 1.16 bits per heavy atom. The minimum absolute atomic E-state index is 0.254.